The van der Waals surface area contributed by atoms with Crippen molar-refractivity contribution in [1.29, 1.82) is 0 Å². The number of alkyl halides is 6. The van der Waals surface area contributed by atoms with Crippen molar-refractivity contribution in [2.75, 3.05) is 6.54 Å². The second-order valence-corrected chi connectivity index (χ2v) is 5.98. The van der Waals surface area contributed by atoms with E-state index in [4.69, 9.17) is 0 Å². The number of hydrogen-bond donors (Lipinski definition) is 2. The van der Waals surface area contributed by atoms with Crippen LogP contribution in [0, 0.1) is 0 Å². The summed E-state index contributed by atoms with van der Waals surface area (Å²) >= 11 is 0. The molecule has 0 spiro atoms. The second-order valence-electron chi connectivity index (χ2n) is 5.98. The molecular weight excluding hydrogens is 350 g/mol. The summed E-state index contributed by atoms with van der Waals surface area (Å²) in [7, 11) is 0. The van der Waals surface area contributed by atoms with Crippen LogP contribution in [0.5, 0.6) is 0 Å². The molecule has 0 aliphatic carbocycles. The highest BCUT2D eigenvalue weighted by Crippen LogP contribution is 2.35. The topological polar surface area (TPSA) is 41.1 Å². The molecule has 1 aromatic carbocycles. The van der Waals surface area contributed by atoms with Gasteiger partial charge in [0.25, 0.3) is 0 Å². The van der Waals surface area contributed by atoms with E-state index in [1.54, 1.807) is 6.92 Å². The zero-order chi connectivity index (χ0) is 18.8. The molecule has 1 aliphatic heterocycles. The molecule has 25 heavy (non-hydrogen) atoms. The lowest BCUT2D eigenvalue weighted by molar-refractivity contribution is -0.174. The van der Waals surface area contributed by atoms with Crippen molar-refractivity contribution in [3.63, 3.8) is 0 Å². The Bertz CT molecular complexity index is 626. The van der Waals surface area contributed by atoms with Gasteiger partial charge in [0.2, 0.25) is 0 Å². The molecule has 0 bridgehead atoms. The maximum atomic E-state index is 12.9. The Balaban J connectivity index is 2.20. The zero-order valence-corrected chi connectivity index (χ0v) is 13.4. The Hall–Kier alpha value is -1.77. The smallest absolute Gasteiger partial charge is 0.345 e. The third-order valence-electron chi connectivity index (χ3n) is 4.24. The molecule has 1 amide bonds. The molecule has 2 unspecified atom stereocenters. The van der Waals surface area contributed by atoms with E-state index in [0.29, 0.717) is 18.5 Å². The highest BCUT2D eigenvalue weighted by Gasteiger charge is 2.40. The predicted molar refractivity (Wildman–Crippen MR) is 78.8 cm³/mol. The first-order valence-electron chi connectivity index (χ1n) is 7.83. The van der Waals surface area contributed by atoms with E-state index in [-0.39, 0.29) is 12.8 Å². The van der Waals surface area contributed by atoms with Crippen molar-refractivity contribution in [1.82, 2.24) is 10.6 Å². The van der Waals surface area contributed by atoms with Crippen LogP contribution < -0.4 is 10.6 Å². The molecule has 1 aromatic rings. The van der Waals surface area contributed by atoms with Crippen LogP contribution in [0.3, 0.4) is 0 Å². The molecule has 0 aromatic heterocycles. The normalized spacial score (nSPS) is 19.2. The summed E-state index contributed by atoms with van der Waals surface area (Å²) in [5.74, 6) is -2.04. The quantitative estimate of drug-likeness (QED) is 0.795. The van der Waals surface area contributed by atoms with Gasteiger partial charge >= 0.3 is 18.3 Å². The van der Waals surface area contributed by atoms with Crippen LogP contribution in [0.25, 0.3) is 0 Å². The van der Waals surface area contributed by atoms with E-state index in [0.717, 1.165) is 17.7 Å². The van der Waals surface area contributed by atoms with Gasteiger partial charge < -0.3 is 10.6 Å². The van der Waals surface area contributed by atoms with Crippen LogP contribution >= 0.6 is 0 Å². The molecule has 2 atom stereocenters. The van der Waals surface area contributed by atoms with Crippen molar-refractivity contribution in [3.8, 4) is 0 Å². The number of carbonyl (C=O) groups excluding carboxylic acids is 1. The average Bonchev–Trinajstić information content (AvgIpc) is 2.52. The minimum Gasteiger partial charge on any atom is -0.345 e. The van der Waals surface area contributed by atoms with Gasteiger partial charge in [-0.15, -0.1) is 0 Å². The monoisotopic (exact) mass is 368 g/mol. The molecule has 1 aliphatic rings. The highest BCUT2D eigenvalue weighted by molar-refractivity contribution is 5.81. The Morgan fingerprint density at radius 1 is 1.28 bits per heavy atom. The van der Waals surface area contributed by atoms with Crippen molar-refractivity contribution >= 4 is 5.91 Å². The summed E-state index contributed by atoms with van der Waals surface area (Å²) < 4.78 is 75.9. The number of nitrogens with one attached hydrogen (secondary N) is 2. The first-order valence-corrected chi connectivity index (χ1v) is 7.83. The number of carbonyl (C=O) groups is 1. The Kier molecular flexibility index (Phi) is 5.65. The van der Waals surface area contributed by atoms with Crippen LogP contribution in [-0.2, 0) is 17.4 Å². The molecule has 2 rings (SSSR count). The van der Waals surface area contributed by atoms with Crippen LogP contribution in [-0.4, -0.2) is 24.7 Å². The maximum absolute atomic E-state index is 12.9. The summed E-state index contributed by atoms with van der Waals surface area (Å²) in [6.07, 6.45) is -8.64. The van der Waals surface area contributed by atoms with Gasteiger partial charge in [-0.3, -0.25) is 4.79 Å². The number of halogens is 6. The SMILES string of the molecule is CCC(CC1NCCc2ccc(C(F)(F)F)cc21)NC(=O)C(F)(F)F. The van der Waals surface area contributed by atoms with E-state index in [2.05, 4.69) is 5.32 Å². The summed E-state index contributed by atoms with van der Waals surface area (Å²) in [5, 5.41) is 4.93. The molecule has 0 saturated carbocycles. The molecule has 140 valence electrons. The van der Waals surface area contributed by atoms with Crippen molar-refractivity contribution in [2.45, 2.75) is 50.6 Å². The van der Waals surface area contributed by atoms with Crippen molar-refractivity contribution < 1.29 is 31.1 Å². The van der Waals surface area contributed by atoms with E-state index < -0.39 is 35.9 Å². The summed E-state index contributed by atoms with van der Waals surface area (Å²) in [5.41, 5.74) is 0.349. The minimum atomic E-state index is -4.99. The van der Waals surface area contributed by atoms with E-state index in [1.807, 2.05) is 5.32 Å². The molecule has 3 nitrogen and oxygen atoms in total. The fourth-order valence-corrected chi connectivity index (χ4v) is 2.90. The van der Waals surface area contributed by atoms with Crippen LogP contribution in [0.4, 0.5) is 26.3 Å². The van der Waals surface area contributed by atoms with Gasteiger partial charge in [0.05, 0.1) is 5.56 Å². The first-order chi connectivity index (χ1) is 11.5. The number of amides is 1. The Labute approximate surface area is 140 Å². The van der Waals surface area contributed by atoms with E-state index >= 15 is 0 Å². The van der Waals surface area contributed by atoms with Gasteiger partial charge in [0.15, 0.2) is 0 Å². The highest BCUT2D eigenvalue weighted by atomic mass is 19.4. The molecule has 0 radical (unpaired) electrons. The maximum Gasteiger partial charge on any atom is 0.471 e. The number of hydrogen-bond acceptors (Lipinski definition) is 2. The van der Waals surface area contributed by atoms with E-state index in [9.17, 15) is 31.1 Å². The fourth-order valence-electron chi connectivity index (χ4n) is 2.90. The minimum absolute atomic E-state index is 0.0760. The lowest BCUT2D eigenvalue weighted by Gasteiger charge is -2.31. The Morgan fingerprint density at radius 2 is 1.96 bits per heavy atom. The average molecular weight is 368 g/mol. The lowest BCUT2D eigenvalue weighted by Crippen LogP contribution is -2.45. The largest absolute Gasteiger partial charge is 0.471 e. The zero-order valence-electron chi connectivity index (χ0n) is 13.4. The summed E-state index contributed by atoms with van der Waals surface area (Å²) in [6.45, 7) is 2.11. The van der Waals surface area contributed by atoms with Gasteiger partial charge in [0, 0.05) is 12.1 Å². The van der Waals surface area contributed by atoms with Crippen LogP contribution in [0.2, 0.25) is 0 Å². The number of benzene rings is 1. The summed E-state index contributed by atoms with van der Waals surface area (Å²) in [6, 6.07) is 2.09. The Morgan fingerprint density at radius 3 is 2.52 bits per heavy atom. The predicted octanol–water partition coefficient (Wildman–Crippen LogP) is 3.74. The fraction of sp³-hybridized carbons (Fsp3) is 0.562. The standard InChI is InChI=1S/C16H18F6N2O/c1-2-11(24-14(25)16(20,21)22)8-13-12-7-10(15(17,18)19)4-3-9(12)5-6-23-13/h3-4,7,11,13,23H,2,5-6,8H2,1H3,(H,24,25). The molecular formula is C16H18F6N2O. The van der Waals surface area contributed by atoms with Gasteiger partial charge in [-0.1, -0.05) is 13.0 Å². The third kappa shape index (κ3) is 4.87. The molecule has 1 heterocycles. The molecule has 9 heteroatoms. The molecule has 0 saturated heterocycles. The van der Waals surface area contributed by atoms with Gasteiger partial charge in [-0.2, -0.15) is 26.3 Å². The summed E-state index contributed by atoms with van der Waals surface area (Å²) in [4.78, 5) is 11.1. The lowest BCUT2D eigenvalue weighted by atomic mass is 9.88. The third-order valence-corrected chi connectivity index (χ3v) is 4.24. The van der Waals surface area contributed by atoms with E-state index in [1.165, 1.54) is 6.07 Å². The number of rotatable bonds is 4. The molecule has 0 fully saturated rings. The van der Waals surface area contributed by atoms with Crippen LogP contribution in [0.1, 0.15) is 42.5 Å². The van der Waals surface area contributed by atoms with Gasteiger partial charge in [0.1, 0.15) is 0 Å². The van der Waals surface area contributed by atoms with Crippen molar-refractivity contribution in [2.24, 2.45) is 0 Å². The van der Waals surface area contributed by atoms with Crippen molar-refractivity contribution in [3.05, 3.63) is 34.9 Å². The van der Waals surface area contributed by atoms with Gasteiger partial charge in [-0.05, 0) is 49.1 Å². The second kappa shape index (κ2) is 7.23. The van der Waals surface area contributed by atoms with Gasteiger partial charge in [-0.25, -0.2) is 0 Å². The first kappa shape index (κ1) is 19.6. The molecule has 2 N–H and O–H groups in total. The van der Waals surface area contributed by atoms with Crippen LogP contribution in [0.15, 0.2) is 18.2 Å². The number of fused-ring (bicyclic) bond motifs is 1.